The largest absolute Gasteiger partial charge is 0.396 e. The fourth-order valence-electron chi connectivity index (χ4n) is 1.84. The highest BCUT2D eigenvalue weighted by atomic mass is 35.5. The molecule has 1 atom stereocenters. The summed E-state index contributed by atoms with van der Waals surface area (Å²) >= 11 is 6.13. The molecule has 0 bridgehead atoms. The summed E-state index contributed by atoms with van der Waals surface area (Å²) in [5.41, 5.74) is 1.83. The number of aliphatic hydroxyl groups excluding tert-OH is 1. The van der Waals surface area contributed by atoms with E-state index in [9.17, 15) is 5.11 Å². The maximum Gasteiger partial charge on any atom is 0.133 e. The maximum absolute atomic E-state index is 9.29. The van der Waals surface area contributed by atoms with E-state index in [1.54, 1.807) is 0 Å². The van der Waals surface area contributed by atoms with Crippen LogP contribution in [0, 0.1) is 0 Å². The smallest absolute Gasteiger partial charge is 0.133 e. The van der Waals surface area contributed by atoms with Gasteiger partial charge >= 0.3 is 0 Å². The third kappa shape index (κ3) is 2.04. The minimum Gasteiger partial charge on any atom is -0.396 e. The van der Waals surface area contributed by atoms with Gasteiger partial charge in [-0.05, 0) is 24.1 Å². The molecular weight excluding hydrogens is 222 g/mol. The van der Waals surface area contributed by atoms with Gasteiger partial charge in [0.1, 0.15) is 5.15 Å². The Kier molecular flexibility index (Phi) is 3.42. The molecule has 2 nitrogen and oxygen atoms in total. The van der Waals surface area contributed by atoms with E-state index in [1.165, 1.54) is 0 Å². The molecule has 0 radical (unpaired) electrons. The third-order valence-corrected chi connectivity index (χ3v) is 3.16. The first-order valence-electron chi connectivity index (χ1n) is 5.42. The van der Waals surface area contributed by atoms with Gasteiger partial charge in [0.2, 0.25) is 0 Å². The highest BCUT2D eigenvalue weighted by molar-refractivity contribution is 6.30. The normalized spacial score (nSPS) is 12.9. The van der Waals surface area contributed by atoms with Crippen molar-refractivity contribution in [3.8, 4) is 0 Å². The van der Waals surface area contributed by atoms with Gasteiger partial charge in [-0.1, -0.05) is 36.7 Å². The molecule has 84 valence electrons. The van der Waals surface area contributed by atoms with E-state index in [4.69, 9.17) is 11.6 Å². The van der Waals surface area contributed by atoms with Crippen molar-refractivity contribution in [3.63, 3.8) is 0 Å². The molecule has 0 saturated heterocycles. The summed E-state index contributed by atoms with van der Waals surface area (Å²) < 4.78 is 0. The third-order valence-electron chi connectivity index (χ3n) is 2.86. The van der Waals surface area contributed by atoms with Gasteiger partial charge in [0, 0.05) is 11.3 Å². The Morgan fingerprint density at radius 1 is 1.38 bits per heavy atom. The van der Waals surface area contributed by atoms with Crippen LogP contribution in [0.2, 0.25) is 5.15 Å². The lowest BCUT2D eigenvalue weighted by atomic mass is 9.98. The average molecular weight is 236 g/mol. The number of hydrogen-bond donors (Lipinski definition) is 1. The van der Waals surface area contributed by atoms with Crippen LogP contribution < -0.4 is 0 Å². The first-order valence-corrected chi connectivity index (χ1v) is 5.80. The Balaban J connectivity index is 2.57. The van der Waals surface area contributed by atoms with E-state index in [-0.39, 0.29) is 12.5 Å². The number of rotatable bonds is 3. The fraction of sp³-hybridized carbons (Fsp3) is 0.308. The van der Waals surface area contributed by atoms with Crippen LogP contribution >= 0.6 is 11.6 Å². The van der Waals surface area contributed by atoms with Crippen LogP contribution in [0.15, 0.2) is 30.3 Å². The minimum atomic E-state index is 0.0737. The summed E-state index contributed by atoms with van der Waals surface area (Å²) in [5, 5.41) is 10.9. The summed E-state index contributed by atoms with van der Waals surface area (Å²) in [6.45, 7) is 2.14. The zero-order valence-corrected chi connectivity index (χ0v) is 9.91. The van der Waals surface area contributed by atoms with Gasteiger partial charge in [0.25, 0.3) is 0 Å². The van der Waals surface area contributed by atoms with Crippen molar-refractivity contribution in [2.24, 2.45) is 0 Å². The number of fused-ring (bicyclic) bond motifs is 1. The summed E-state index contributed by atoms with van der Waals surface area (Å²) in [7, 11) is 0. The predicted octanol–water partition coefficient (Wildman–Crippen LogP) is 3.37. The molecule has 0 saturated carbocycles. The van der Waals surface area contributed by atoms with E-state index in [0.717, 1.165) is 22.9 Å². The van der Waals surface area contributed by atoms with Gasteiger partial charge in [0.05, 0.1) is 12.1 Å². The van der Waals surface area contributed by atoms with Gasteiger partial charge in [-0.15, -0.1) is 0 Å². The van der Waals surface area contributed by atoms with Crippen molar-refractivity contribution in [2.75, 3.05) is 6.61 Å². The monoisotopic (exact) mass is 235 g/mol. The highest BCUT2D eigenvalue weighted by Gasteiger charge is 2.13. The molecule has 1 aromatic heterocycles. The number of pyridine rings is 1. The zero-order chi connectivity index (χ0) is 11.5. The molecule has 1 heterocycles. The molecular formula is C13H14ClNO. The summed E-state index contributed by atoms with van der Waals surface area (Å²) in [4.78, 5) is 4.35. The van der Waals surface area contributed by atoms with Crippen molar-refractivity contribution < 1.29 is 5.11 Å². The number of benzene rings is 1. The van der Waals surface area contributed by atoms with E-state index in [2.05, 4.69) is 4.98 Å². The second-order valence-corrected chi connectivity index (χ2v) is 4.21. The number of hydrogen-bond acceptors (Lipinski definition) is 2. The van der Waals surface area contributed by atoms with Crippen molar-refractivity contribution in [1.29, 1.82) is 0 Å². The number of aliphatic hydroxyl groups is 1. The predicted molar refractivity (Wildman–Crippen MR) is 66.9 cm³/mol. The fourth-order valence-corrected chi connectivity index (χ4v) is 2.14. The Hall–Kier alpha value is -1.12. The van der Waals surface area contributed by atoms with Crippen LogP contribution in [0.25, 0.3) is 10.9 Å². The lowest BCUT2D eigenvalue weighted by Crippen LogP contribution is -2.04. The molecule has 1 N–H and O–H groups in total. The first-order chi connectivity index (χ1) is 7.76. The van der Waals surface area contributed by atoms with E-state index in [1.807, 2.05) is 37.3 Å². The maximum atomic E-state index is 9.29. The first kappa shape index (κ1) is 11.4. The summed E-state index contributed by atoms with van der Waals surface area (Å²) in [6.07, 6.45) is 0.857. The van der Waals surface area contributed by atoms with Crippen molar-refractivity contribution >= 4 is 22.5 Å². The van der Waals surface area contributed by atoms with Crippen LogP contribution in [0.5, 0.6) is 0 Å². The topological polar surface area (TPSA) is 33.1 Å². The minimum absolute atomic E-state index is 0.0737. The van der Waals surface area contributed by atoms with Crippen molar-refractivity contribution in [3.05, 3.63) is 41.0 Å². The lowest BCUT2D eigenvalue weighted by Gasteiger charge is -2.14. The number of aromatic nitrogens is 1. The number of halogens is 1. The van der Waals surface area contributed by atoms with Crippen LogP contribution in [-0.4, -0.2) is 16.7 Å². The molecule has 0 spiro atoms. The summed E-state index contributed by atoms with van der Waals surface area (Å²) in [5.74, 6) is 0.0737. The molecule has 2 rings (SSSR count). The zero-order valence-electron chi connectivity index (χ0n) is 9.15. The average Bonchev–Trinajstić information content (AvgIpc) is 2.31. The number of para-hydroxylation sites is 1. The number of nitrogens with zero attached hydrogens (tertiary/aromatic N) is 1. The second-order valence-electron chi connectivity index (χ2n) is 3.85. The summed E-state index contributed by atoms with van der Waals surface area (Å²) in [6, 6.07) is 9.88. The molecule has 0 fully saturated rings. The highest BCUT2D eigenvalue weighted by Crippen LogP contribution is 2.28. The Bertz CT molecular complexity index is 494. The van der Waals surface area contributed by atoms with Crippen LogP contribution in [-0.2, 0) is 0 Å². The van der Waals surface area contributed by atoms with Gasteiger partial charge in [0.15, 0.2) is 0 Å². The van der Waals surface area contributed by atoms with Gasteiger partial charge in [-0.3, -0.25) is 0 Å². The van der Waals surface area contributed by atoms with Crippen molar-refractivity contribution in [1.82, 2.24) is 4.98 Å². The standard InChI is InChI=1S/C13H14ClNO/c1-2-9(8-16)11-7-10-5-3-4-6-12(10)15-13(11)14/h3-7,9,16H,2,8H2,1H3. The molecule has 0 amide bonds. The Morgan fingerprint density at radius 3 is 2.81 bits per heavy atom. The van der Waals surface area contributed by atoms with Crippen LogP contribution in [0.4, 0.5) is 0 Å². The van der Waals surface area contributed by atoms with Gasteiger partial charge in [-0.2, -0.15) is 0 Å². The van der Waals surface area contributed by atoms with Crippen LogP contribution in [0.1, 0.15) is 24.8 Å². The Labute approximate surface area is 99.9 Å². The molecule has 1 aromatic carbocycles. The van der Waals surface area contributed by atoms with Crippen LogP contribution in [0.3, 0.4) is 0 Å². The second kappa shape index (κ2) is 4.81. The van der Waals surface area contributed by atoms with E-state index >= 15 is 0 Å². The lowest BCUT2D eigenvalue weighted by molar-refractivity contribution is 0.262. The molecule has 16 heavy (non-hydrogen) atoms. The van der Waals surface area contributed by atoms with E-state index in [0.29, 0.717) is 5.15 Å². The van der Waals surface area contributed by atoms with Crippen molar-refractivity contribution in [2.45, 2.75) is 19.3 Å². The SMILES string of the molecule is CCC(CO)c1cc2ccccc2nc1Cl. The van der Waals surface area contributed by atoms with E-state index < -0.39 is 0 Å². The molecule has 3 heteroatoms. The van der Waals surface area contributed by atoms with Gasteiger partial charge in [-0.25, -0.2) is 4.98 Å². The quantitative estimate of drug-likeness (QED) is 0.828. The Morgan fingerprint density at radius 2 is 2.12 bits per heavy atom. The molecule has 0 aliphatic rings. The molecule has 0 aliphatic heterocycles. The molecule has 0 aliphatic carbocycles. The van der Waals surface area contributed by atoms with Gasteiger partial charge < -0.3 is 5.11 Å². The molecule has 1 unspecified atom stereocenters. The molecule has 2 aromatic rings.